The van der Waals surface area contributed by atoms with Gasteiger partial charge in [0.2, 0.25) is 5.90 Å². The van der Waals surface area contributed by atoms with Crippen LogP contribution in [-0.2, 0) is 9.47 Å². The van der Waals surface area contributed by atoms with E-state index < -0.39 is 23.2 Å². The third-order valence-electron chi connectivity index (χ3n) is 3.43. The Balaban J connectivity index is 2.24. The van der Waals surface area contributed by atoms with Crippen molar-refractivity contribution in [3.8, 4) is 12.1 Å². The standard InChI is InChI=1S/C12H9N3O2/c1-16-10-11(6-13)4-2-8(15-10)12(7-14)5-3-9(11)17-12/h2-5,8-9H,1H3/t8-,9+,11-,12+/m1/s1. The predicted molar refractivity (Wildman–Crippen MR) is 57.8 cm³/mol. The summed E-state index contributed by atoms with van der Waals surface area (Å²) in [6.45, 7) is 0. The van der Waals surface area contributed by atoms with Crippen LogP contribution in [0.25, 0.3) is 0 Å². The maximum absolute atomic E-state index is 9.41. The summed E-state index contributed by atoms with van der Waals surface area (Å²) < 4.78 is 10.9. The second-order valence-electron chi connectivity index (χ2n) is 4.23. The topological polar surface area (TPSA) is 78.4 Å². The van der Waals surface area contributed by atoms with Crippen LogP contribution in [0.4, 0.5) is 0 Å². The second kappa shape index (κ2) is 2.97. The van der Waals surface area contributed by atoms with Crippen molar-refractivity contribution < 1.29 is 9.47 Å². The van der Waals surface area contributed by atoms with Crippen molar-refractivity contribution >= 4 is 5.90 Å². The number of aliphatic imine (C=N–C) groups is 1. The van der Waals surface area contributed by atoms with Crippen molar-refractivity contribution in [1.82, 2.24) is 0 Å². The summed E-state index contributed by atoms with van der Waals surface area (Å²) in [6.07, 6.45) is 6.40. The lowest BCUT2D eigenvalue weighted by atomic mass is 9.79. The quantitative estimate of drug-likeness (QED) is 0.571. The van der Waals surface area contributed by atoms with Gasteiger partial charge in [0.05, 0.1) is 13.2 Å². The molecule has 4 aliphatic heterocycles. The SMILES string of the molecule is COC1=N[C@@H]2C=C[C@@]1(C#N)[C@@H]1C=C[C@@]2(C#N)O1. The van der Waals surface area contributed by atoms with Gasteiger partial charge in [-0.25, -0.2) is 4.99 Å². The zero-order chi connectivity index (χ0) is 12.1. The summed E-state index contributed by atoms with van der Waals surface area (Å²) in [5.41, 5.74) is -2.14. The summed E-state index contributed by atoms with van der Waals surface area (Å²) in [5, 5.41) is 18.7. The highest BCUT2D eigenvalue weighted by Gasteiger charge is 2.58. The fourth-order valence-corrected chi connectivity index (χ4v) is 2.48. The molecule has 17 heavy (non-hydrogen) atoms. The first-order valence-electron chi connectivity index (χ1n) is 5.22. The monoisotopic (exact) mass is 227 g/mol. The van der Waals surface area contributed by atoms with E-state index in [1.165, 1.54) is 7.11 Å². The second-order valence-corrected chi connectivity index (χ2v) is 4.23. The van der Waals surface area contributed by atoms with Crippen LogP contribution in [-0.4, -0.2) is 30.8 Å². The molecule has 0 spiro atoms. The average molecular weight is 227 g/mol. The van der Waals surface area contributed by atoms with E-state index in [2.05, 4.69) is 17.1 Å². The fourth-order valence-electron chi connectivity index (χ4n) is 2.48. The zero-order valence-electron chi connectivity index (χ0n) is 9.12. The molecule has 0 N–H and O–H groups in total. The van der Waals surface area contributed by atoms with Crippen molar-refractivity contribution in [1.29, 1.82) is 10.5 Å². The van der Waals surface area contributed by atoms with Crippen molar-refractivity contribution in [3.63, 3.8) is 0 Å². The molecule has 4 aliphatic rings. The Hall–Kier alpha value is -2.11. The molecule has 4 bridgehead atoms. The Morgan fingerprint density at radius 3 is 2.82 bits per heavy atom. The highest BCUT2D eigenvalue weighted by Crippen LogP contribution is 2.46. The third-order valence-corrected chi connectivity index (χ3v) is 3.43. The lowest BCUT2D eigenvalue weighted by molar-refractivity contribution is -0.00311. The Morgan fingerprint density at radius 1 is 1.35 bits per heavy atom. The maximum atomic E-state index is 9.41. The third kappa shape index (κ3) is 0.974. The molecule has 4 atom stereocenters. The Kier molecular flexibility index (Phi) is 1.76. The summed E-state index contributed by atoms with van der Waals surface area (Å²) in [6, 6.07) is 3.87. The average Bonchev–Trinajstić information content (AvgIpc) is 2.73. The minimum atomic E-state index is -1.10. The number of methoxy groups -OCH3 is 1. The molecule has 0 aromatic carbocycles. The van der Waals surface area contributed by atoms with Gasteiger partial charge in [-0.3, -0.25) is 0 Å². The number of nitrogens with zero attached hydrogens (tertiary/aromatic N) is 3. The van der Waals surface area contributed by atoms with Crippen LogP contribution >= 0.6 is 0 Å². The van der Waals surface area contributed by atoms with Gasteiger partial charge in [-0.1, -0.05) is 18.2 Å². The molecule has 0 amide bonds. The van der Waals surface area contributed by atoms with Gasteiger partial charge in [-0.05, 0) is 6.08 Å². The highest BCUT2D eigenvalue weighted by molar-refractivity contribution is 5.91. The van der Waals surface area contributed by atoms with Crippen molar-refractivity contribution in [2.45, 2.75) is 17.7 Å². The number of rotatable bonds is 0. The molecule has 84 valence electrons. The highest BCUT2D eigenvalue weighted by atomic mass is 16.5. The van der Waals surface area contributed by atoms with Gasteiger partial charge in [0.1, 0.15) is 18.2 Å². The number of ether oxygens (including phenoxy) is 2. The molecule has 0 fully saturated rings. The van der Waals surface area contributed by atoms with Gasteiger partial charge in [-0.2, -0.15) is 10.5 Å². The molecule has 0 saturated carbocycles. The van der Waals surface area contributed by atoms with Crippen LogP contribution in [0.15, 0.2) is 29.3 Å². The molecule has 4 rings (SSSR count). The van der Waals surface area contributed by atoms with E-state index in [0.717, 1.165) is 0 Å². The molecule has 0 aromatic heterocycles. The zero-order valence-corrected chi connectivity index (χ0v) is 9.12. The number of hydrogen-bond acceptors (Lipinski definition) is 5. The lowest BCUT2D eigenvalue weighted by Crippen LogP contribution is -2.40. The lowest BCUT2D eigenvalue weighted by Gasteiger charge is -2.28. The van der Waals surface area contributed by atoms with Crippen molar-refractivity contribution in [3.05, 3.63) is 24.3 Å². The number of hydrogen-bond donors (Lipinski definition) is 0. The van der Waals surface area contributed by atoms with Crippen LogP contribution in [0.5, 0.6) is 0 Å². The van der Waals surface area contributed by atoms with Crippen LogP contribution in [0.3, 0.4) is 0 Å². The molecule has 4 heterocycles. The summed E-state index contributed by atoms with van der Waals surface area (Å²) in [5.74, 6) is 0.318. The Bertz CT molecular complexity index is 551. The molecule has 0 aliphatic carbocycles. The van der Waals surface area contributed by atoms with E-state index >= 15 is 0 Å². The van der Waals surface area contributed by atoms with Gasteiger partial charge < -0.3 is 9.47 Å². The normalized spacial score (nSPS) is 44.8. The van der Waals surface area contributed by atoms with E-state index in [1.54, 1.807) is 24.3 Å². The summed E-state index contributed by atoms with van der Waals surface area (Å²) in [4.78, 5) is 4.32. The van der Waals surface area contributed by atoms with Gasteiger partial charge in [0.25, 0.3) is 0 Å². The van der Waals surface area contributed by atoms with Crippen LogP contribution in [0.1, 0.15) is 0 Å². The van der Waals surface area contributed by atoms with Crippen molar-refractivity contribution in [2.24, 2.45) is 10.4 Å². The minimum Gasteiger partial charge on any atom is -0.483 e. The molecular formula is C12H9N3O2. The van der Waals surface area contributed by atoms with E-state index in [9.17, 15) is 10.5 Å². The van der Waals surface area contributed by atoms with Gasteiger partial charge >= 0.3 is 0 Å². The Morgan fingerprint density at radius 2 is 2.18 bits per heavy atom. The minimum absolute atomic E-state index is 0.318. The maximum Gasteiger partial charge on any atom is 0.211 e. The molecule has 0 aromatic rings. The molecule has 0 radical (unpaired) electrons. The van der Waals surface area contributed by atoms with Crippen molar-refractivity contribution in [2.75, 3.05) is 7.11 Å². The van der Waals surface area contributed by atoms with Gasteiger partial charge in [-0.15, -0.1) is 0 Å². The van der Waals surface area contributed by atoms with E-state index in [-0.39, 0.29) is 0 Å². The molecule has 5 heteroatoms. The van der Waals surface area contributed by atoms with Crippen LogP contribution in [0.2, 0.25) is 0 Å². The molecule has 0 unspecified atom stereocenters. The first kappa shape index (κ1) is 10.1. The smallest absolute Gasteiger partial charge is 0.211 e. The van der Waals surface area contributed by atoms with E-state index in [1.807, 2.05) is 0 Å². The van der Waals surface area contributed by atoms with Gasteiger partial charge in [0, 0.05) is 0 Å². The summed E-state index contributed by atoms with van der Waals surface area (Å²) >= 11 is 0. The first-order chi connectivity index (χ1) is 8.20. The molecule has 5 nitrogen and oxygen atoms in total. The predicted octanol–water partition coefficient (Wildman–Crippen LogP) is 0.711. The first-order valence-corrected chi connectivity index (χ1v) is 5.22. The fraction of sp³-hybridized carbons (Fsp3) is 0.417. The number of dihydropyridines is 1. The van der Waals surface area contributed by atoms with E-state index in [0.29, 0.717) is 5.90 Å². The van der Waals surface area contributed by atoms with Crippen LogP contribution in [0, 0.1) is 28.1 Å². The van der Waals surface area contributed by atoms with Gasteiger partial charge in [0.15, 0.2) is 11.0 Å². The number of nitriles is 2. The molecular weight excluding hydrogens is 218 g/mol. The largest absolute Gasteiger partial charge is 0.483 e. The van der Waals surface area contributed by atoms with Crippen LogP contribution < -0.4 is 0 Å². The molecule has 0 saturated heterocycles. The Labute approximate surface area is 98.3 Å². The van der Waals surface area contributed by atoms with E-state index in [4.69, 9.17) is 9.47 Å². The summed E-state index contributed by atoms with van der Waals surface area (Å²) in [7, 11) is 1.48.